The Balaban J connectivity index is 1.59. The van der Waals surface area contributed by atoms with Gasteiger partial charge in [-0.05, 0) is 31.8 Å². The van der Waals surface area contributed by atoms with Crippen LogP contribution in [0.15, 0.2) is 17.8 Å². The Morgan fingerprint density at radius 3 is 2.87 bits per heavy atom. The van der Waals surface area contributed by atoms with Crippen LogP contribution < -0.4 is 11.1 Å². The fourth-order valence-corrected chi connectivity index (χ4v) is 3.26. The van der Waals surface area contributed by atoms with Gasteiger partial charge in [0.25, 0.3) is 5.91 Å². The summed E-state index contributed by atoms with van der Waals surface area (Å²) in [4.78, 5) is 26.8. The highest BCUT2D eigenvalue weighted by Gasteiger charge is 2.18. The summed E-state index contributed by atoms with van der Waals surface area (Å²) in [6, 6.07) is 0. The highest BCUT2D eigenvalue weighted by Crippen LogP contribution is 2.21. The van der Waals surface area contributed by atoms with Gasteiger partial charge >= 0.3 is 0 Å². The first kappa shape index (κ1) is 15.8. The number of nitrogen functional groups attached to an aromatic ring is 1. The number of anilines is 2. The summed E-state index contributed by atoms with van der Waals surface area (Å²) in [6.07, 6.45) is 5.36. The predicted octanol–water partition coefficient (Wildman–Crippen LogP) is 2.00. The summed E-state index contributed by atoms with van der Waals surface area (Å²) in [5.41, 5.74) is 6.76. The number of aromatic nitrogens is 3. The molecule has 0 bridgehead atoms. The van der Waals surface area contributed by atoms with Crippen LogP contribution in [0.3, 0.4) is 0 Å². The molecule has 3 rings (SSSR count). The van der Waals surface area contributed by atoms with Crippen LogP contribution in [0.1, 0.15) is 35.9 Å². The number of thiazole rings is 1. The second-order valence-electron chi connectivity index (χ2n) is 5.85. The van der Waals surface area contributed by atoms with Gasteiger partial charge in [-0.1, -0.05) is 6.92 Å². The number of piperidine rings is 1. The Kier molecular flexibility index (Phi) is 4.82. The van der Waals surface area contributed by atoms with Crippen molar-refractivity contribution in [3.8, 4) is 0 Å². The van der Waals surface area contributed by atoms with Gasteiger partial charge in [-0.3, -0.25) is 15.0 Å². The number of nitrogens with two attached hydrogens (primary N) is 1. The van der Waals surface area contributed by atoms with Gasteiger partial charge in [0.05, 0.1) is 5.69 Å². The second-order valence-corrected chi connectivity index (χ2v) is 6.71. The molecule has 1 aliphatic rings. The van der Waals surface area contributed by atoms with Crippen molar-refractivity contribution in [2.75, 3.05) is 24.1 Å². The van der Waals surface area contributed by atoms with Crippen molar-refractivity contribution in [3.63, 3.8) is 0 Å². The third-order valence-corrected chi connectivity index (χ3v) is 4.78. The van der Waals surface area contributed by atoms with Crippen molar-refractivity contribution >= 4 is 28.2 Å². The van der Waals surface area contributed by atoms with E-state index >= 15 is 0 Å². The van der Waals surface area contributed by atoms with Crippen LogP contribution in [-0.2, 0) is 6.54 Å². The average Bonchev–Trinajstić information content (AvgIpc) is 2.97. The van der Waals surface area contributed by atoms with E-state index in [1.54, 1.807) is 0 Å². The highest BCUT2D eigenvalue weighted by molar-refractivity contribution is 7.13. The first-order chi connectivity index (χ1) is 11.1. The molecule has 7 nitrogen and oxygen atoms in total. The Bertz CT molecular complexity index is 680. The van der Waals surface area contributed by atoms with Crippen molar-refractivity contribution in [1.29, 1.82) is 0 Å². The van der Waals surface area contributed by atoms with Crippen molar-refractivity contribution < 1.29 is 4.79 Å². The van der Waals surface area contributed by atoms with Crippen molar-refractivity contribution in [2.45, 2.75) is 26.3 Å². The minimum Gasteiger partial charge on any atom is -0.382 e. The molecule has 1 aliphatic heterocycles. The first-order valence-electron chi connectivity index (χ1n) is 7.66. The lowest BCUT2D eigenvalue weighted by Crippen LogP contribution is -2.32. The maximum atomic E-state index is 12.1. The number of carbonyl (C=O) groups excluding carboxylic acids is 1. The normalized spacial score (nSPS) is 16.4. The molecule has 1 fully saturated rings. The highest BCUT2D eigenvalue weighted by atomic mass is 32.1. The third kappa shape index (κ3) is 4.02. The Morgan fingerprint density at radius 1 is 1.39 bits per heavy atom. The van der Waals surface area contributed by atoms with E-state index in [0.29, 0.717) is 5.13 Å². The minimum atomic E-state index is -0.386. The summed E-state index contributed by atoms with van der Waals surface area (Å²) >= 11 is 1.41. The predicted molar refractivity (Wildman–Crippen MR) is 90.2 cm³/mol. The summed E-state index contributed by atoms with van der Waals surface area (Å²) in [5, 5.41) is 5.27. The van der Waals surface area contributed by atoms with E-state index in [1.165, 1.54) is 36.6 Å². The smallest absolute Gasteiger partial charge is 0.279 e. The van der Waals surface area contributed by atoms with Crippen LogP contribution in [0, 0.1) is 5.92 Å². The van der Waals surface area contributed by atoms with E-state index in [0.717, 1.165) is 31.2 Å². The van der Waals surface area contributed by atoms with E-state index in [2.05, 4.69) is 32.1 Å². The Morgan fingerprint density at radius 2 is 2.13 bits per heavy atom. The molecule has 2 aromatic heterocycles. The fourth-order valence-electron chi connectivity index (χ4n) is 2.57. The number of hydrogen-bond donors (Lipinski definition) is 2. The van der Waals surface area contributed by atoms with Gasteiger partial charge in [0.1, 0.15) is 0 Å². The van der Waals surface area contributed by atoms with E-state index in [-0.39, 0.29) is 17.4 Å². The number of carbonyl (C=O) groups is 1. The molecule has 3 N–H and O–H groups in total. The van der Waals surface area contributed by atoms with Crippen LogP contribution in [0.2, 0.25) is 0 Å². The molecule has 0 radical (unpaired) electrons. The van der Waals surface area contributed by atoms with Crippen LogP contribution in [-0.4, -0.2) is 38.8 Å². The lowest BCUT2D eigenvalue weighted by Gasteiger charge is -2.29. The Labute approximate surface area is 139 Å². The minimum absolute atomic E-state index is 0.115. The zero-order valence-corrected chi connectivity index (χ0v) is 13.8. The second kappa shape index (κ2) is 7.01. The largest absolute Gasteiger partial charge is 0.382 e. The molecule has 0 saturated carbocycles. The van der Waals surface area contributed by atoms with Crippen molar-refractivity contribution in [3.05, 3.63) is 29.2 Å². The molecule has 1 saturated heterocycles. The molecule has 0 unspecified atom stereocenters. The molecule has 0 aromatic carbocycles. The molecule has 0 spiro atoms. The lowest BCUT2D eigenvalue weighted by molar-refractivity contribution is 0.102. The molecule has 122 valence electrons. The van der Waals surface area contributed by atoms with E-state index in [9.17, 15) is 4.79 Å². The van der Waals surface area contributed by atoms with Crippen LogP contribution in [0.25, 0.3) is 0 Å². The van der Waals surface area contributed by atoms with Gasteiger partial charge in [0.15, 0.2) is 16.6 Å². The van der Waals surface area contributed by atoms with E-state index < -0.39 is 0 Å². The number of nitrogens with one attached hydrogen (secondary N) is 1. The third-order valence-electron chi connectivity index (χ3n) is 3.98. The molecule has 23 heavy (non-hydrogen) atoms. The molecule has 8 heteroatoms. The molecular weight excluding hydrogens is 312 g/mol. The molecule has 3 heterocycles. The summed E-state index contributed by atoms with van der Waals surface area (Å²) in [6.45, 7) is 5.34. The quantitative estimate of drug-likeness (QED) is 0.889. The number of nitrogens with zero attached hydrogens (tertiary/aromatic N) is 4. The molecule has 0 atom stereocenters. The lowest BCUT2D eigenvalue weighted by atomic mass is 9.99. The fraction of sp³-hybridized carbons (Fsp3) is 0.467. The van der Waals surface area contributed by atoms with Crippen molar-refractivity contribution in [1.82, 2.24) is 19.9 Å². The first-order valence-corrected chi connectivity index (χ1v) is 8.54. The number of hydrogen-bond acceptors (Lipinski definition) is 7. The van der Waals surface area contributed by atoms with E-state index in [1.807, 2.05) is 5.38 Å². The van der Waals surface area contributed by atoms with Gasteiger partial charge in [-0.15, -0.1) is 11.3 Å². The molecule has 1 amide bonds. The Hall–Kier alpha value is -2.06. The topological polar surface area (TPSA) is 97.0 Å². The zero-order valence-electron chi connectivity index (χ0n) is 13.0. The van der Waals surface area contributed by atoms with Gasteiger partial charge in [0, 0.05) is 24.3 Å². The van der Waals surface area contributed by atoms with Gasteiger partial charge in [-0.25, -0.2) is 15.0 Å². The van der Waals surface area contributed by atoms with Gasteiger partial charge in [-0.2, -0.15) is 0 Å². The number of likely N-dealkylation sites (tertiary alicyclic amines) is 1. The average molecular weight is 332 g/mol. The monoisotopic (exact) mass is 332 g/mol. The van der Waals surface area contributed by atoms with Crippen LogP contribution in [0.5, 0.6) is 0 Å². The molecule has 0 aliphatic carbocycles. The molecular formula is C15H20N6OS. The summed E-state index contributed by atoms with van der Waals surface area (Å²) in [7, 11) is 0. The standard InChI is InChI=1S/C15H20N6OS/c1-10-2-6-21(7-3-10)8-11-9-23-15(19-11)20-14(22)12-13(16)18-5-4-17-12/h4-5,9-10H,2-3,6-8H2,1H3,(H2,16,18)(H,19,20,22). The number of rotatable bonds is 4. The van der Waals surface area contributed by atoms with Crippen LogP contribution in [0.4, 0.5) is 10.9 Å². The maximum absolute atomic E-state index is 12.1. The summed E-state index contributed by atoms with van der Waals surface area (Å²) < 4.78 is 0. The molecule has 2 aromatic rings. The SMILES string of the molecule is CC1CCN(Cc2csc(NC(=O)c3nccnc3N)n2)CC1. The van der Waals surface area contributed by atoms with Gasteiger partial charge < -0.3 is 5.73 Å². The van der Waals surface area contributed by atoms with Crippen LogP contribution >= 0.6 is 11.3 Å². The maximum Gasteiger partial charge on any atom is 0.279 e. The number of amides is 1. The summed E-state index contributed by atoms with van der Waals surface area (Å²) in [5.74, 6) is 0.543. The van der Waals surface area contributed by atoms with Gasteiger partial charge in [0.2, 0.25) is 0 Å². The van der Waals surface area contributed by atoms with E-state index in [4.69, 9.17) is 5.73 Å². The zero-order chi connectivity index (χ0) is 16.2. The van der Waals surface area contributed by atoms with Crippen molar-refractivity contribution in [2.24, 2.45) is 5.92 Å².